The Kier molecular flexibility index (Phi) is 3.88. The van der Waals surface area contributed by atoms with E-state index in [4.69, 9.17) is 11.6 Å². The van der Waals surface area contributed by atoms with E-state index in [9.17, 15) is 4.79 Å². The van der Waals surface area contributed by atoms with Crippen molar-refractivity contribution in [3.63, 3.8) is 0 Å². The molecule has 1 aromatic heterocycles. The molecule has 5 heteroatoms. The number of benzene rings is 1. The van der Waals surface area contributed by atoms with Gasteiger partial charge in [-0.05, 0) is 36.2 Å². The van der Waals surface area contributed by atoms with Gasteiger partial charge in [-0.1, -0.05) is 18.5 Å². The molecule has 0 fully saturated rings. The summed E-state index contributed by atoms with van der Waals surface area (Å²) in [5.41, 5.74) is 3.92. The normalized spacial score (nSPS) is 13.1. The summed E-state index contributed by atoms with van der Waals surface area (Å²) in [6.07, 6.45) is 3.62. The van der Waals surface area contributed by atoms with Gasteiger partial charge < -0.3 is 15.2 Å². The van der Waals surface area contributed by atoms with Crippen molar-refractivity contribution >= 4 is 28.9 Å². The van der Waals surface area contributed by atoms with Crippen LogP contribution in [0.25, 0.3) is 0 Å². The van der Waals surface area contributed by atoms with E-state index in [-0.39, 0.29) is 5.91 Å². The average Bonchev–Trinajstić information content (AvgIpc) is 3.02. The molecule has 0 unspecified atom stereocenters. The predicted molar refractivity (Wildman–Crippen MR) is 85.8 cm³/mol. The van der Waals surface area contributed by atoms with Crippen LogP contribution in [0, 0.1) is 0 Å². The molecule has 1 aliphatic heterocycles. The van der Waals surface area contributed by atoms with Crippen LogP contribution in [-0.4, -0.2) is 10.5 Å². The van der Waals surface area contributed by atoms with Crippen LogP contribution >= 0.6 is 11.6 Å². The fraction of sp³-hybridized carbons (Fsp3) is 0.312. The molecule has 2 aromatic rings. The second-order valence-electron chi connectivity index (χ2n) is 5.26. The van der Waals surface area contributed by atoms with E-state index in [0.717, 1.165) is 29.9 Å². The van der Waals surface area contributed by atoms with Crippen molar-refractivity contribution in [3.8, 4) is 0 Å². The van der Waals surface area contributed by atoms with Crippen molar-refractivity contribution in [2.45, 2.75) is 32.9 Å². The van der Waals surface area contributed by atoms with Crippen LogP contribution in [-0.2, 0) is 24.3 Å². The Hall–Kier alpha value is -1.94. The van der Waals surface area contributed by atoms with E-state index in [1.54, 1.807) is 0 Å². The molecular formula is C16H18ClN3O. The SMILES string of the molecule is CCCn1cccc1CNc1cc2c(cc1Cl)NC(=O)C2. The number of amides is 1. The maximum Gasteiger partial charge on any atom is 0.228 e. The van der Waals surface area contributed by atoms with Crippen molar-refractivity contribution in [2.75, 3.05) is 10.6 Å². The molecule has 0 aliphatic carbocycles. The lowest BCUT2D eigenvalue weighted by Gasteiger charge is -2.12. The number of carbonyl (C=O) groups is 1. The molecule has 1 amide bonds. The van der Waals surface area contributed by atoms with Crippen molar-refractivity contribution in [3.05, 3.63) is 46.7 Å². The van der Waals surface area contributed by atoms with E-state index in [0.29, 0.717) is 18.0 Å². The van der Waals surface area contributed by atoms with Crippen molar-refractivity contribution in [1.29, 1.82) is 0 Å². The first-order valence-electron chi connectivity index (χ1n) is 7.17. The van der Waals surface area contributed by atoms with E-state index >= 15 is 0 Å². The number of hydrogen-bond donors (Lipinski definition) is 2. The van der Waals surface area contributed by atoms with Crippen LogP contribution in [0.1, 0.15) is 24.6 Å². The van der Waals surface area contributed by atoms with Gasteiger partial charge in [0.2, 0.25) is 5.91 Å². The molecule has 21 heavy (non-hydrogen) atoms. The molecule has 0 radical (unpaired) electrons. The first-order chi connectivity index (χ1) is 10.2. The Bertz CT molecular complexity index is 678. The van der Waals surface area contributed by atoms with Gasteiger partial charge in [-0.25, -0.2) is 0 Å². The minimum Gasteiger partial charge on any atom is -0.378 e. The highest BCUT2D eigenvalue weighted by molar-refractivity contribution is 6.33. The summed E-state index contributed by atoms with van der Waals surface area (Å²) in [4.78, 5) is 11.4. The number of hydrogen-bond acceptors (Lipinski definition) is 2. The number of nitrogens with one attached hydrogen (secondary N) is 2. The molecule has 1 aromatic carbocycles. The van der Waals surface area contributed by atoms with E-state index < -0.39 is 0 Å². The Morgan fingerprint density at radius 2 is 2.29 bits per heavy atom. The van der Waals surface area contributed by atoms with Gasteiger partial charge in [0, 0.05) is 24.1 Å². The van der Waals surface area contributed by atoms with Gasteiger partial charge in [0.15, 0.2) is 0 Å². The summed E-state index contributed by atoms with van der Waals surface area (Å²) in [6.45, 7) is 3.89. The lowest BCUT2D eigenvalue weighted by atomic mass is 10.1. The highest BCUT2D eigenvalue weighted by atomic mass is 35.5. The van der Waals surface area contributed by atoms with Gasteiger partial charge in [0.05, 0.1) is 23.7 Å². The maximum atomic E-state index is 11.4. The Morgan fingerprint density at radius 3 is 3.10 bits per heavy atom. The maximum absolute atomic E-state index is 11.4. The number of aromatic nitrogens is 1. The second-order valence-corrected chi connectivity index (χ2v) is 5.67. The Labute approximate surface area is 129 Å². The summed E-state index contributed by atoms with van der Waals surface area (Å²) in [7, 11) is 0. The van der Waals surface area contributed by atoms with Crippen molar-refractivity contribution in [1.82, 2.24) is 4.57 Å². The summed E-state index contributed by atoms with van der Waals surface area (Å²) < 4.78 is 2.24. The number of aryl methyl sites for hydroxylation is 1. The van der Waals surface area contributed by atoms with Crippen LogP contribution in [0.3, 0.4) is 0 Å². The van der Waals surface area contributed by atoms with Crippen LogP contribution in [0.15, 0.2) is 30.5 Å². The third kappa shape index (κ3) is 2.90. The van der Waals surface area contributed by atoms with Crippen LogP contribution in [0.2, 0.25) is 5.02 Å². The summed E-state index contributed by atoms with van der Waals surface area (Å²) in [5, 5.41) is 6.80. The van der Waals surface area contributed by atoms with E-state index in [1.165, 1.54) is 5.69 Å². The van der Waals surface area contributed by atoms with Gasteiger partial charge >= 0.3 is 0 Å². The highest BCUT2D eigenvalue weighted by Crippen LogP contribution is 2.33. The van der Waals surface area contributed by atoms with Crippen molar-refractivity contribution < 1.29 is 4.79 Å². The van der Waals surface area contributed by atoms with E-state index in [2.05, 4.69) is 40.5 Å². The van der Waals surface area contributed by atoms with Gasteiger partial charge in [0.1, 0.15) is 0 Å². The number of fused-ring (bicyclic) bond motifs is 1. The molecular weight excluding hydrogens is 286 g/mol. The molecule has 2 N–H and O–H groups in total. The Balaban J connectivity index is 1.75. The van der Waals surface area contributed by atoms with Gasteiger partial charge in [-0.2, -0.15) is 0 Å². The largest absolute Gasteiger partial charge is 0.378 e. The number of halogens is 1. The van der Waals surface area contributed by atoms with Crippen LogP contribution < -0.4 is 10.6 Å². The highest BCUT2D eigenvalue weighted by Gasteiger charge is 2.19. The third-order valence-corrected chi connectivity index (χ3v) is 3.98. The molecule has 3 rings (SSSR count). The monoisotopic (exact) mass is 303 g/mol. The fourth-order valence-electron chi connectivity index (χ4n) is 2.64. The third-order valence-electron chi connectivity index (χ3n) is 3.67. The van der Waals surface area contributed by atoms with Crippen LogP contribution in [0.5, 0.6) is 0 Å². The molecule has 0 atom stereocenters. The zero-order valence-corrected chi connectivity index (χ0v) is 12.7. The van der Waals surface area contributed by atoms with Crippen molar-refractivity contribution in [2.24, 2.45) is 0 Å². The molecule has 110 valence electrons. The zero-order chi connectivity index (χ0) is 14.8. The predicted octanol–water partition coefficient (Wildman–Crippen LogP) is 3.66. The minimum absolute atomic E-state index is 0.0232. The summed E-state index contributed by atoms with van der Waals surface area (Å²) in [5.74, 6) is 0.0232. The molecule has 1 aliphatic rings. The van der Waals surface area contributed by atoms with Crippen LogP contribution in [0.4, 0.5) is 11.4 Å². The smallest absolute Gasteiger partial charge is 0.228 e. The molecule has 0 saturated heterocycles. The molecule has 2 heterocycles. The number of rotatable bonds is 5. The fourth-order valence-corrected chi connectivity index (χ4v) is 2.87. The first-order valence-corrected chi connectivity index (χ1v) is 7.55. The quantitative estimate of drug-likeness (QED) is 0.885. The zero-order valence-electron chi connectivity index (χ0n) is 11.9. The topological polar surface area (TPSA) is 46.1 Å². The number of nitrogens with zero attached hydrogens (tertiary/aromatic N) is 1. The standard InChI is InChI=1S/C16H18ClN3O/c1-2-5-20-6-3-4-12(20)10-18-15-7-11-8-16(21)19-14(11)9-13(15)17/h3-4,6-7,9,18H,2,5,8,10H2,1H3,(H,19,21). The summed E-state index contributed by atoms with van der Waals surface area (Å²) >= 11 is 6.28. The lowest BCUT2D eigenvalue weighted by Crippen LogP contribution is -2.07. The summed E-state index contributed by atoms with van der Waals surface area (Å²) in [6, 6.07) is 7.94. The molecule has 4 nitrogen and oxygen atoms in total. The van der Waals surface area contributed by atoms with E-state index in [1.807, 2.05) is 12.1 Å². The van der Waals surface area contributed by atoms with Gasteiger partial charge in [-0.3, -0.25) is 4.79 Å². The molecule has 0 saturated carbocycles. The minimum atomic E-state index is 0.0232. The lowest BCUT2D eigenvalue weighted by molar-refractivity contribution is -0.115. The Morgan fingerprint density at radius 1 is 1.43 bits per heavy atom. The van der Waals surface area contributed by atoms with Gasteiger partial charge in [-0.15, -0.1) is 0 Å². The number of anilines is 2. The first kappa shape index (κ1) is 14.0. The number of carbonyl (C=O) groups excluding carboxylic acids is 1. The second kappa shape index (κ2) is 5.82. The average molecular weight is 304 g/mol. The molecule has 0 spiro atoms. The van der Waals surface area contributed by atoms with Gasteiger partial charge in [0.25, 0.3) is 0 Å². The molecule has 0 bridgehead atoms.